The molecule has 0 saturated carbocycles. The molecule has 1 aromatic carbocycles. The summed E-state index contributed by atoms with van der Waals surface area (Å²) in [7, 11) is 1.49. The summed E-state index contributed by atoms with van der Waals surface area (Å²) in [4.78, 5) is 10.9. The number of aromatic nitrogens is 3. The highest BCUT2D eigenvalue weighted by Crippen LogP contribution is 2.21. The molecule has 0 aliphatic rings. The highest BCUT2D eigenvalue weighted by molar-refractivity contribution is 7.71. The van der Waals surface area contributed by atoms with Gasteiger partial charge in [0, 0.05) is 12.5 Å². The quantitative estimate of drug-likeness (QED) is 0.489. The summed E-state index contributed by atoms with van der Waals surface area (Å²) < 4.78 is 36.6. The van der Waals surface area contributed by atoms with Crippen LogP contribution in [-0.4, -0.2) is 34.2 Å². The smallest absolute Gasteiger partial charge is 0.302 e. The summed E-state index contributed by atoms with van der Waals surface area (Å²) in [5.74, 6) is -0.478. The molecule has 0 aliphatic carbocycles. The van der Waals surface area contributed by atoms with Crippen LogP contribution in [0.2, 0.25) is 0 Å². The summed E-state index contributed by atoms with van der Waals surface area (Å²) in [6.07, 6.45) is -1.47. The van der Waals surface area contributed by atoms with Gasteiger partial charge in [0.05, 0.1) is 13.3 Å². The second kappa shape index (κ2) is 7.77. The van der Waals surface area contributed by atoms with E-state index in [4.69, 9.17) is 21.7 Å². The molecule has 0 radical (unpaired) electrons. The molecule has 24 heavy (non-hydrogen) atoms. The fraction of sp³-hybridized carbons (Fsp3) is 0.286. The number of methoxy groups -OCH3 is 1. The number of alkyl halides is 2. The van der Waals surface area contributed by atoms with Crippen molar-refractivity contribution < 1.29 is 23.0 Å². The van der Waals surface area contributed by atoms with E-state index in [0.717, 1.165) is 4.68 Å². The maximum Gasteiger partial charge on any atom is 0.302 e. The fourth-order valence-corrected chi connectivity index (χ4v) is 2.04. The number of rotatable bonds is 6. The molecule has 7 nitrogen and oxygen atoms in total. The van der Waals surface area contributed by atoms with Crippen molar-refractivity contribution >= 4 is 24.4 Å². The largest absolute Gasteiger partial charge is 0.496 e. The summed E-state index contributed by atoms with van der Waals surface area (Å²) in [5, 5.41) is 9.60. The molecular weight excluding hydrogens is 342 g/mol. The molecule has 0 aliphatic heterocycles. The van der Waals surface area contributed by atoms with E-state index in [-0.39, 0.29) is 11.4 Å². The Hall–Kier alpha value is -2.62. The molecule has 2 rings (SSSR count). The molecule has 0 saturated heterocycles. The molecule has 128 valence electrons. The summed E-state index contributed by atoms with van der Waals surface area (Å²) in [6, 6.07) is 4.99. The number of ether oxygens (including phenoxy) is 2. The highest BCUT2D eigenvalue weighted by atomic mass is 32.1. The van der Waals surface area contributed by atoms with E-state index >= 15 is 0 Å². The average molecular weight is 356 g/mol. The Labute approximate surface area is 140 Å². The Morgan fingerprint density at radius 2 is 2.29 bits per heavy atom. The van der Waals surface area contributed by atoms with Crippen LogP contribution in [0.4, 0.5) is 8.78 Å². The highest BCUT2D eigenvalue weighted by Gasteiger charge is 2.16. The van der Waals surface area contributed by atoms with Gasteiger partial charge in [0.2, 0.25) is 10.6 Å². The summed E-state index contributed by atoms with van der Waals surface area (Å²) >= 11 is 4.86. The van der Waals surface area contributed by atoms with Gasteiger partial charge in [-0.1, -0.05) is 0 Å². The lowest BCUT2D eigenvalue weighted by Crippen LogP contribution is -2.02. The number of nitrogens with zero attached hydrogens (tertiary/aromatic N) is 3. The number of carbonyl (C=O) groups excluding carboxylic acids is 1. The topological polar surface area (TPSA) is 81.5 Å². The van der Waals surface area contributed by atoms with Crippen LogP contribution >= 0.6 is 12.2 Å². The monoisotopic (exact) mass is 356 g/mol. The first-order chi connectivity index (χ1) is 11.4. The number of benzene rings is 1. The summed E-state index contributed by atoms with van der Waals surface area (Å²) in [5.41, 5.74) is 1.20. The van der Waals surface area contributed by atoms with Crippen LogP contribution in [0.1, 0.15) is 30.3 Å². The maximum atomic E-state index is 12.8. The van der Waals surface area contributed by atoms with Crippen LogP contribution in [0, 0.1) is 4.77 Å². The molecule has 0 fully saturated rings. The SMILES string of the molecule is COc1ccc(/C=N/n2c(C(F)F)n[nH]c2=S)cc1COC(C)=O. The number of aromatic amines is 1. The molecule has 2 aromatic rings. The third-order valence-electron chi connectivity index (χ3n) is 2.93. The first-order valence-corrected chi connectivity index (χ1v) is 7.13. The van der Waals surface area contributed by atoms with E-state index in [1.54, 1.807) is 18.2 Å². The number of carbonyl (C=O) groups is 1. The van der Waals surface area contributed by atoms with Crippen molar-refractivity contribution in [2.45, 2.75) is 20.0 Å². The Kier molecular flexibility index (Phi) is 5.74. The first-order valence-electron chi connectivity index (χ1n) is 6.72. The zero-order valence-electron chi connectivity index (χ0n) is 12.8. The minimum atomic E-state index is -2.81. The van der Waals surface area contributed by atoms with Gasteiger partial charge in [-0.05, 0) is 36.0 Å². The van der Waals surface area contributed by atoms with Crippen LogP contribution in [0.5, 0.6) is 5.75 Å². The van der Waals surface area contributed by atoms with Gasteiger partial charge in [-0.3, -0.25) is 4.79 Å². The Morgan fingerprint density at radius 1 is 1.54 bits per heavy atom. The van der Waals surface area contributed by atoms with Crippen LogP contribution in [0.15, 0.2) is 23.3 Å². The standard InChI is InChI=1S/C14H14F2N4O3S/c1-8(21)23-7-10-5-9(3-4-11(10)22-2)6-17-20-13(12(15)16)18-19-14(20)24/h3-6,12H,7H2,1-2H3,(H,19,24)/b17-6+. The molecule has 0 bridgehead atoms. The van der Waals surface area contributed by atoms with Gasteiger partial charge < -0.3 is 9.47 Å². The lowest BCUT2D eigenvalue weighted by Gasteiger charge is -2.09. The molecule has 1 N–H and O–H groups in total. The van der Waals surface area contributed by atoms with Crippen molar-refractivity contribution in [1.82, 2.24) is 14.9 Å². The predicted molar refractivity (Wildman–Crippen MR) is 83.8 cm³/mol. The third-order valence-corrected chi connectivity index (χ3v) is 3.19. The summed E-state index contributed by atoms with van der Waals surface area (Å²) in [6.45, 7) is 1.32. The van der Waals surface area contributed by atoms with E-state index in [1.807, 2.05) is 0 Å². The molecular formula is C14H14F2N4O3S. The maximum absolute atomic E-state index is 12.8. The van der Waals surface area contributed by atoms with Gasteiger partial charge in [0.25, 0.3) is 6.43 Å². The number of nitrogens with one attached hydrogen (secondary N) is 1. The molecule has 1 aromatic heterocycles. The van der Waals surface area contributed by atoms with Crippen LogP contribution < -0.4 is 4.74 Å². The average Bonchev–Trinajstić information content (AvgIpc) is 2.92. The molecule has 1 heterocycles. The second-order valence-electron chi connectivity index (χ2n) is 4.60. The third kappa shape index (κ3) is 4.22. The lowest BCUT2D eigenvalue weighted by atomic mass is 10.1. The van der Waals surface area contributed by atoms with Crippen molar-refractivity contribution in [3.8, 4) is 5.75 Å². The fourth-order valence-electron chi connectivity index (χ4n) is 1.85. The van der Waals surface area contributed by atoms with Crippen molar-refractivity contribution in [3.63, 3.8) is 0 Å². The Morgan fingerprint density at radius 3 is 2.92 bits per heavy atom. The number of H-pyrrole nitrogens is 1. The number of hydrogen-bond acceptors (Lipinski definition) is 6. The predicted octanol–water partition coefficient (Wildman–Crippen LogP) is 2.83. The minimum absolute atomic E-state index is 0.0214. The Bertz CT molecular complexity index is 817. The normalized spacial score (nSPS) is 11.2. The van der Waals surface area contributed by atoms with Crippen LogP contribution in [0.25, 0.3) is 0 Å². The first kappa shape index (κ1) is 17.7. The zero-order chi connectivity index (χ0) is 17.7. The number of hydrogen-bond donors (Lipinski definition) is 1. The number of esters is 1. The van der Waals surface area contributed by atoms with Crippen molar-refractivity contribution in [2.75, 3.05) is 7.11 Å². The van der Waals surface area contributed by atoms with Crippen molar-refractivity contribution in [3.05, 3.63) is 39.9 Å². The van der Waals surface area contributed by atoms with Crippen molar-refractivity contribution in [2.24, 2.45) is 5.10 Å². The van der Waals surface area contributed by atoms with Gasteiger partial charge in [0.15, 0.2) is 0 Å². The lowest BCUT2D eigenvalue weighted by molar-refractivity contribution is -0.142. The van der Waals surface area contributed by atoms with Gasteiger partial charge in [-0.15, -0.1) is 0 Å². The van der Waals surface area contributed by atoms with Gasteiger partial charge in [-0.2, -0.15) is 14.9 Å². The molecule has 0 atom stereocenters. The van der Waals surface area contributed by atoms with E-state index in [1.165, 1.54) is 20.2 Å². The van der Waals surface area contributed by atoms with Gasteiger partial charge >= 0.3 is 5.97 Å². The van der Waals surface area contributed by atoms with Gasteiger partial charge in [0.1, 0.15) is 12.4 Å². The molecule has 0 amide bonds. The van der Waals surface area contributed by atoms with Crippen LogP contribution in [0.3, 0.4) is 0 Å². The van der Waals surface area contributed by atoms with Crippen molar-refractivity contribution in [1.29, 1.82) is 0 Å². The minimum Gasteiger partial charge on any atom is -0.496 e. The molecule has 0 unspecified atom stereocenters. The van der Waals surface area contributed by atoms with E-state index in [0.29, 0.717) is 16.9 Å². The second-order valence-corrected chi connectivity index (χ2v) is 4.98. The van der Waals surface area contributed by atoms with Crippen LogP contribution in [-0.2, 0) is 16.1 Å². The van der Waals surface area contributed by atoms with E-state index in [9.17, 15) is 13.6 Å². The van der Waals surface area contributed by atoms with E-state index < -0.39 is 18.2 Å². The molecule has 0 spiro atoms. The van der Waals surface area contributed by atoms with Gasteiger partial charge in [-0.25, -0.2) is 13.9 Å². The van der Waals surface area contributed by atoms with E-state index in [2.05, 4.69) is 15.3 Å². The zero-order valence-corrected chi connectivity index (χ0v) is 13.6. The molecule has 10 heteroatoms. The number of halogens is 2. The Balaban J connectivity index is 2.30.